The second-order valence-electron chi connectivity index (χ2n) is 13.3. The van der Waals surface area contributed by atoms with E-state index in [1.165, 1.54) is 21.1 Å². The van der Waals surface area contributed by atoms with Gasteiger partial charge in [-0.05, 0) is 60.9 Å². The molecule has 2 saturated heterocycles. The van der Waals surface area contributed by atoms with Crippen LogP contribution in [0.2, 0.25) is 0 Å². The number of thiophene rings is 1. The van der Waals surface area contributed by atoms with Crippen molar-refractivity contribution < 1.29 is 29.0 Å². The van der Waals surface area contributed by atoms with Gasteiger partial charge in [0.2, 0.25) is 23.6 Å². The number of carbonyl (C=O) groups excluding carboxylic acids is 4. The molecule has 4 amide bonds. The number of phenolic OH excluding ortho intramolecular Hbond substituents is 1. The molecule has 242 valence electrons. The number of para-hydroxylation sites is 1. The van der Waals surface area contributed by atoms with Crippen LogP contribution in [0.15, 0.2) is 108 Å². The summed E-state index contributed by atoms with van der Waals surface area (Å²) < 4.78 is 5.99. The Hall–Kier alpha value is -5.02. The highest BCUT2D eigenvalue weighted by Gasteiger charge is 2.67. The SMILES string of the molecule is CC12C(=O)N(c3ccccc3)C(=O)C1CC1C(=CCC3C(=O)N(Cc4cccs4)C(=O)C31)C2c1ccc(OCc2ccccc2)cc1O. The molecule has 1 N–H and O–H groups in total. The van der Waals surface area contributed by atoms with Crippen LogP contribution in [0.1, 0.15) is 41.7 Å². The van der Waals surface area contributed by atoms with E-state index in [0.29, 0.717) is 30.0 Å². The molecule has 8 nitrogen and oxygen atoms in total. The number of fused-ring (bicyclic) bond motifs is 4. The van der Waals surface area contributed by atoms with Crippen LogP contribution in [0.3, 0.4) is 0 Å². The highest BCUT2D eigenvalue weighted by atomic mass is 32.1. The first kappa shape index (κ1) is 30.3. The van der Waals surface area contributed by atoms with Gasteiger partial charge in [0.25, 0.3) is 0 Å². The van der Waals surface area contributed by atoms with E-state index < -0.39 is 35.0 Å². The minimum absolute atomic E-state index is 0.0548. The number of carbonyl (C=O) groups is 4. The van der Waals surface area contributed by atoms with Crippen LogP contribution in [-0.2, 0) is 32.3 Å². The fourth-order valence-corrected chi connectivity index (χ4v) is 9.25. The molecule has 2 aliphatic heterocycles. The molecule has 1 aromatic heterocycles. The molecule has 3 fully saturated rings. The van der Waals surface area contributed by atoms with Crippen LogP contribution >= 0.6 is 11.3 Å². The first-order chi connectivity index (χ1) is 23.3. The fourth-order valence-electron chi connectivity index (χ4n) is 8.56. The van der Waals surface area contributed by atoms with Gasteiger partial charge in [-0.2, -0.15) is 0 Å². The number of rotatable bonds is 7. The van der Waals surface area contributed by atoms with Gasteiger partial charge in [-0.1, -0.05) is 72.3 Å². The molecule has 4 aromatic rings. The van der Waals surface area contributed by atoms with Gasteiger partial charge in [0.15, 0.2) is 0 Å². The Morgan fingerprint density at radius 2 is 1.62 bits per heavy atom. The number of nitrogens with zero attached hydrogens (tertiary/aromatic N) is 2. The molecule has 0 spiro atoms. The number of aromatic hydroxyl groups is 1. The Bertz CT molecular complexity index is 1960. The number of anilines is 1. The van der Waals surface area contributed by atoms with Gasteiger partial charge >= 0.3 is 0 Å². The molecule has 0 bridgehead atoms. The van der Waals surface area contributed by atoms with Crippen molar-refractivity contribution in [1.29, 1.82) is 0 Å². The maximum Gasteiger partial charge on any atom is 0.241 e. The molecule has 3 aromatic carbocycles. The Morgan fingerprint density at radius 1 is 0.875 bits per heavy atom. The van der Waals surface area contributed by atoms with Crippen molar-refractivity contribution >= 4 is 40.7 Å². The molecule has 9 heteroatoms. The summed E-state index contributed by atoms with van der Waals surface area (Å²) in [6.07, 6.45) is 2.61. The monoisotopic (exact) mass is 658 g/mol. The molecule has 3 heterocycles. The standard InChI is InChI=1S/C39H34N2O6S/c1-39-31(36(44)41(38(39)46)24-11-6-3-7-12-24)20-30-27(16-17-29-33(30)37(45)40(35(29)43)21-26-13-8-18-48-26)34(39)28-15-14-25(19-32(28)42)47-22-23-9-4-2-5-10-23/h2-16,18-19,29-31,33-34,42H,17,20-22H2,1H3. The maximum absolute atomic E-state index is 14.6. The lowest BCUT2D eigenvalue weighted by atomic mass is 9.51. The number of hydrogen-bond donors (Lipinski definition) is 1. The third-order valence-electron chi connectivity index (χ3n) is 10.8. The zero-order valence-electron chi connectivity index (χ0n) is 26.3. The minimum Gasteiger partial charge on any atom is -0.508 e. The molecular formula is C39H34N2O6S. The highest BCUT2D eigenvalue weighted by molar-refractivity contribution is 7.09. The summed E-state index contributed by atoms with van der Waals surface area (Å²) >= 11 is 1.50. The highest BCUT2D eigenvalue weighted by Crippen LogP contribution is 2.64. The largest absolute Gasteiger partial charge is 0.508 e. The van der Waals surface area contributed by atoms with Crippen molar-refractivity contribution in [2.45, 2.75) is 38.8 Å². The van der Waals surface area contributed by atoms with Crippen molar-refractivity contribution in [3.05, 3.63) is 124 Å². The molecule has 6 atom stereocenters. The quantitative estimate of drug-likeness (QED) is 0.181. The average molecular weight is 659 g/mol. The van der Waals surface area contributed by atoms with E-state index in [9.17, 15) is 24.3 Å². The molecule has 2 aliphatic carbocycles. The minimum atomic E-state index is -1.24. The Balaban J connectivity index is 1.20. The number of ether oxygens (including phenoxy) is 1. The lowest BCUT2D eigenvalue weighted by molar-refractivity contribution is -0.141. The fraction of sp³-hybridized carbons (Fsp3) is 0.282. The predicted molar refractivity (Wildman–Crippen MR) is 180 cm³/mol. The molecule has 4 aliphatic rings. The van der Waals surface area contributed by atoms with Gasteiger partial charge in [-0.3, -0.25) is 24.1 Å². The molecule has 0 radical (unpaired) electrons. The summed E-state index contributed by atoms with van der Waals surface area (Å²) in [4.78, 5) is 60.3. The number of phenols is 1. The predicted octanol–water partition coefficient (Wildman–Crippen LogP) is 6.46. The van der Waals surface area contributed by atoms with E-state index in [-0.39, 0.29) is 42.3 Å². The molecule has 6 unspecified atom stereocenters. The van der Waals surface area contributed by atoms with Gasteiger partial charge in [0.05, 0.1) is 35.4 Å². The third kappa shape index (κ3) is 4.63. The van der Waals surface area contributed by atoms with Gasteiger partial charge in [0.1, 0.15) is 18.1 Å². The van der Waals surface area contributed by atoms with Crippen LogP contribution in [0, 0.1) is 29.1 Å². The van der Waals surface area contributed by atoms with Gasteiger partial charge < -0.3 is 9.84 Å². The first-order valence-electron chi connectivity index (χ1n) is 16.3. The lowest BCUT2D eigenvalue weighted by Gasteiger charge is -2.49. The first-order valence-corrected chi connectivity index (χ1v) is 17.2. The van der Waals surface area contributed by atoms with Crippen molar-refractivity contribution in [2.24, 2.45) is 29.1 Å². The summed E-state index contributed by atoms with van der Waals surface area (Å²) in [7, 11) is 0. The molecule has 1 saturated carbocycles. The number of hydrogen-bond acceptors (Lipinski definition) is 7. The maximum atomic E-state index is 14.6. The molecule has 48 heavy (non-hydrogen) atoms. The Labute approximate surface area is 282 Å². The summed E-state index contributed by atoms with van der Waals surface area (Å²) in [6.45, 7) is 2.36. The summed E-state index contributed by atoms with van der Waals surface area (Å²) in [6, 6.07) is 27.5. The third-order valence-corrected chi connectivity index (χ3v) is 11.7. The van der Waals surface area contributed by atoms with E-state index in [1.807, 2.05) is 66.9 Å². The van der Waals surface area contributed by atoms with Crippen LogP contribution in [-0.4, -0.2) is 33.6 Å². The number of imide groups is 2. The van der Waals surface area contributed by atoms with Crippen LogP contribution in [0.25, 0.3) is 0 Å². The molecular weight excluding hydrogens is 625 g/mol. The van der Waals surface area contributed by atoms with E-state index in [0.717, 1.165) is 16.0 Å². The second kappa shape index (κ2) is 11.6. The zero-order valence-corrected chi connectivity index (χ0v) is 27.1. The summed E-state index contributed by atoms with van der Waals surface area (Å²) in [5.74, 6) is -3.77. The second-order valence-corrected chi connectivity index (χ2v) is 14.4. The average Bonchev–Trinajstić information content (AvgIpc) is 3.76. The summed E-state index contributed by atoms with van der Waals surface area (Å²) in [5.41, 5.74) is 1.55. The van der Waals surface area contributed by atoms with Crippen LogP contribution in [0.4, 0.5) is 5.69 Å². The van der Waals surface area contributed by atoms with E-state index in [1.54, 1.807) is 42.5 Å². The number of amides is 4. The van der Waals surface area contributed by atoms with Crippen LogP contribution in [0.5, 0.6) is 11.5 Å². The van der Waals surface area contributed by atoms with E-state index in [2.05, 4.69) is 0 Å². The lowest BCUT2D eigenvalue weighted by Crippen LogP contribution is -2.48. The van der Waals surface area contributed by atoms with E-state index >= 15 is 0 Å². The van der Waals surface area contributed by atoms with Crippen molar-refractivity contribution in [3.63, 3.8) is 0 Å². The van der Waals surface area contributed by atoms with Crippen molar-refractivity contribution in [1.82, 2.24) is 4.90 Å². The number of allylic oxidation sites excluding steroid dienone is 2. The Kier molecular flexibility index (Phi) is 7.32. The Morgan fingerprint density at radius 3 is 2.33 bits per heavy atom. The molecule has 8 rings (SSSR count). The topological polar surface area (TPSA) is 104 Å². The zero-order chi connectivity index (χ0) is 33.2. The van der Waals surface area contributed by atoms with Crippen LogP contribution < -0.4 is 9.64 Å². The van der Waals surface area contributed by atoms with Crippen molar-refractivity contribution in [2.75, 3.05) is 4.90 Å². The normalized spacial score (nSPS) is 27.9. The number of benzene rings is 3. The number of likely N-dealkylation sites (tertiary alicyclic amines) is 1. The van der Waals surface area contributed by atoms with Gasteiger partial charge in [0, 0.05) is 22.4 Å². The summed E-state index contributed by atoms with van der Waals surface area (Å²) in [5, 5.41) is 13.5. The van der Waals surface area contributed by atoms with Crippen molar-refractivity contribution in [3.8, 4) is 11.5 Å². The van der Waals surface area contributed by atoms with E-state index in [4.69, 9.17) is 4.74 Å². The smallest absolute Gasteiger partial charge is 0.241 e. The van der Waals surface area contributed by atoms with Gasteiger partial charge in [-0.25, -0.2) is 4.90 Å². The van der Waals surface area contributed by atoms with Gasteiger partial charge in [-0.15, -0.1) is 11.3 Å².